The van der Waals surface area contributed by atoms with Crippen LogP contribution < -0.4 is 10.5 Å². The van der Waals surface area contributed by atoms with Crippen LogP contribution >= 0.6 is 0 Å². The van der Waals surface area contributed by atoms with Crippen molar-refractivity contribution < 1.29 is 9.13 Å². The summed E-state index contributed by atoms with van der Waals surface area (Å²) in [6.07, 6.45) is 0. The minimum absolute atomic E-state index is 0.0496. The lowest BCUT2D eigenvalue weighted by atomic mass is 10.2. The number of benzene rings is 1. The second-order valence-corrected chi connectivity index (χ2v) is 2.38. The minimum Gasteiger partial charge on any atom is -0.502 e. The van der Waals surface area contributed by atoms with E-state index in [0.29, 0.717) is 17.1 Å². The Kier molecular flexibility index (Phi) is 3.09. The summed E-state index contributed by atoms with van der Waals surface area (Å²) in [7, 11) is 0. The highest BCUT2D eigenvalue weighted by atomic mass is 19.1. The summed E-state index contributed by atoms with van der Waals surface area (Å²) in [5, 5.41) is 0. The van der Waals surface area contributed by atoms with Gasteiger partial charge in [-0.15, -0.1) is 0 Å². The van der Waals surface area contributed by atoms with Gasteiger partial charge in [-0.25, -0.2) is 9.24 Å². The first-order valence-corrected chi connectivity index (χ1v) is 3.73. The number of ether oxygens (including phenoxy) is 1. The van der Waals surface area contributed by atoms with E-state index >= 15 is 0 Å². The molecule has 0 spiro atoms. The number of nitrogen functional groups attached to an aromatic ring is 1. The zero-order valence-electron chi connectivity index (χ0n) is 6.96. The smallest absolute Gasteiger partial charge is 0.228 e. The average Bonchev–Trinajstić information content (AvgIpc) is 2.15. The van der Waals surface area contributed by atoms with E-state index in [2.05, 4.69) is 4.85 Å². The Morgan fingerprint density at radius 2 is 2.31 bits per heavy atom. The maximum absolute atomic E-state index is 11.8. The van der Waals surface area contributed by atoms with Crippen LogP contribution in [0, 0.1) is 6.57 Å². The molecule has 0 aromatic heterocycles. The lowest BCUT2D eigenvalue weighted by molar-refractivity contribution is 0.275. The quantitative estimate of drug-likeness (QED) is 0.572. The predicted molar refractivity (Wildman–Crippen MR) is 48.6 cm³/mol. The van der Waals surface area contributed by atoms with Gasteiger partial charge in [0.1, 0.15) is 19.0 Å². The Bertz CT molecular complexity index is 333. The fourth-order valence-corrected chi connectivity index (χ4v) is 0.887. The molecular formula is C9H9FN2O. The van der Waals surface area contributed by atoms with Crippen LogP contribution in [0.15, 0.2) is 18.2 Å². The van der Waals surface area contributed by atoms with E-state index in [4.69, 9.17) is 17.0 Å². The summed E-state index contributed by atoms with van der Waals surface area (Å²) in [6.45, 7) is 6.17. The van der Waals surface area contributed by atoms with Crippen LogP contribution in [0.25, 0.3) is 4.85 Å². The Morgan fingerprint density at radius 1 is 1.54 bits per heavy atom. The minimum atomic E-state index is -0.577. The summed E-state index contributed by atoms with van der Waals surface area (Å²) in [4.78, 5) is 3.21. The standard InChI is InChI=1S/C9H9FN2O/c1-12-8-3-2-7(11)6-9(8)13-5-4-10/h2-3,6H,4-5,11H2. The maximum Gasteiger partial charge on any atom is 0.228 e. The van der Waals surface area contributed by atoms with E-state index in [1.165, 1.54) is 6.07 Å². The maximum atomic E-state index is 11.8. The van der Waals surface area contributed by atoms with E-state index in [0.717, 1.165) is 0 Å². The van der Waals surface area contributed by atoms with Gasteiger partial charge < -0.3 is 10.5 Å². The second-order valence-electron chi connectivity index (χ2n) is 2.38. The molecule has 4 heteroatoms. The number of rotatable bonds is 3. The lowest BCUT2D eigenvalue weighted by Gasteiger charge is -2.06. The van der Waals surface area contributed by atoms with E-state index in [9.17, 15) is 4.39 Å². The van der Waals surface area contributed by atoms with Crippen molar-refractivity contribution in [2.75, 3.05) is 19.0 Å². The molecule has 0 radical (unpaired) electrons. The largest absolute Gasteiger partial charge is 0.502 e. The Labute approximate surface area is 75.7 Å². The molecule has 0 aliphatic heterocycles. The molecule has 0 bridgehead atoms. The molecule has 1 aromatic carbocycles. The summed E-state index contributed by atoms with van der Waals surface area (Å²) in [6, 6.07) is 4.68. The molecule has 0 aliphatic carbocycles. The van der Waals surface area contributed by atoms with Gasteiger partial charge in [-0.05, 0) is 12.1 Å². The monoisotopic (exact) mass is 180 g/mol. The van der Waals surface area contributed by atoms with Gasteiger partial charge in [-0.3, -0.25) is 0 Å². The van der Waals surface area contributed by atoms with Crippen molar-refractivity contribution in [3.05, 3.63) is 29.6 Å². The van der Waals surface area contributed by atoms with Crippen molar-refractivity contribution >= 4 is 11.4 Å². The molecule has 0 fully saturated rings. The number of alkyl halides is 1. The molecule has 2 N–H and O–H groups in total. The van der Waals surface area contributed by atoms with Crippen LogP contribution in [-0.2, 0) is 0 Å². The van der Waals surface area contributed by atoms with Crippen molar-refractivity contribution in [2.45, 2.75) is 0 Å². The molecule has 0 unspecified atom stereocenters. The number of halogens is 1. The summed E-state index contributed by atoms with van der Waals surface area (Å²) in [5.41, 5.74) is 6.33. The van der Waals surface area contributed by atoms with E-state index in [-0.39, 0.29) is 6.61 Å². The Morgan fingerprint density at radius 3 is 2.92 bits per heavy atom. The fraction of sp³-hybridized carbons (Fsp3) is 0.222. The van der Waals surface area contributed by atoms with Gasteiger partial charge in [-0.2, -0.15) is 0 Å². The Hall–Kier alpha value is -1.76. The van der Waals surface area contributed by atoms with Crippen LogP contribution in [0.1, 0.15) is 0 Å². The molecule has 0 heterocycles. The average molecular weight is 180 g/mol. The van der Waals surface area contributed by atoms with Crippen LogP contribution in [0.4, 0.5) is 15.8 Å². The first kappa shape index (κ1) is 9.33. The molecule has 0 saturated carbocycles. The van der Waals surface area contributed by atoms with Gasteiger partial charge in [0.15, 0.2) is 0 Å². The predicted octanol–water partition coefficient (Wildman–Crippen LogP) is 2.17. The lowest BCUT2D eigenvalue weighted by Crippen LogP contribution is -1.99. The molecule has 1 aromatic rings. The van der Waals surface area contributed by atoms with Gasteiger partial charge >= 0.3 is 0 Å². The number of nitrogens with zero attached hydrogens (tertiary/aromatic N) is 1. The topological polar surface area (TPSA) is 39.6 Å². The molecule has 0 atom stereocenters. The third-order valence-corrected chi connectivity index (χ3v) is 1.44. The normalized spacial score (nSPS) is 9.23. The van der Waals surface area contributed by atoms with E-state index < -0.39 is 6.67 Å². The zero-order chi connectivity index (χ0) is 9.68. The van der Waals surface area contributed by atoms with Crippen molar-refractivity contribution in [1.82, 2.24) is 0 Å². The number of hydrogen-bond acceptors (Lipinski definition) is 2. The van der Waals surface area contributed by atoms with Crippen molar-refractivity contribution in [3.8, 4) is 5.75 Å². The molecule has 0 saturated heterocycles. The highest BCUT2D eigenvalue weighted by Gasteiger charge is 2.03. The SMILES string of the molecule is [C-]#[N+]c1ccc(N)cc1OCCF. The van der Waals surface area contributed by atoms with Crippen LogP contribution in [0.3, 0.4) is 0 Å². The van der Waals surface area contributed by atoms with Crippen molar-refractivity contribution in [1.29, 1.82) is 0 Å². The first-order valence-electron chi connectivity index (χ1n) is 3.73. The highest BCUT2D eigenvalue weighted by molar-refractivity contribution is 5.63. The van der Waals surface area contributed by atoms with Gasteiger partial charge in [0.25, 0.3) is 0 Å². The van der Waals surface area contributed by atoms with Gasteiger partial charge in [-0.1, -0.05) is 6.07 Å². The van der Waals surface area contributed by atoms with E-state index in [1.54, 1.807) is 12.1 Å². The molecule has 0 amide bonds. The molecule has 1 rings (SSSR count). The fourth-order valence-electron chi connectivity index (χ4n) is 0.887. The third kappa shape index (κ3) is 2.34. The molecule has 13 heavy (non-hydrogen) atoms. The van der Waals surface area contributed by atoms with Gasteiger partial charge in [0, 0.05) is 5.69 Å². The van der Waals surface area contributed by atoms with E-state index in [1.807, 2.05) is 0 Å². The zero-order valence-corrected chi connectivity index (χ0v) is 6.96. The van der Waals surface area contributed by atoms with Crippen molar-refractivity contribution in [3.63, 3.8) is 0 Å². The molecule has 0 aliphatic rings. The Balaban J connectivity index is 2.89. The highest BCUT2D eigenvalue weighted by Crippen LogP contribution is 2.29. The van der Waals surface area contributed by atoms with Crippen LogP contribution in [0.2, 0.25) is 0 Å². The molecule has 68 valence electrons. The molecular weight excluding hydrogens is 171 g/mol. The van der Waals surface area contributed by atoms with Crippen LogP contribution in [-0.4, -0.2) is 13.3 Å². The molecule has 3 nitrogen and oxygen atoms in total. The van der Waals surface area contributed by atoms with Gasteiger partial charge in [0.2, 0.25) is 5.69 Å². The van der Waals surface area contributed by atoms with Crippen molar-refractivity contribution in [2.24, 2.45) is 0 Å². The third-order valence-electron chi connectivity index (χ3n) is 1.44. The first-order chi connectivity index (χ1) is 6.27. The summed E-state index contributed by atoms with van der Waals surface area (Å²) < 4.78 is 16.8. The summed E-state index contributed by atoms with van der Waals surface area (Å²) in [5.74, 6) is 0.340. The van der Waals surface area contributed by atoms with Gasteiger partial charge in [0.05, 0.1) is 6.57 Å². The summed E-state index contributed by atoms with van der Waals surface area (Å²) >= 11 is 0. The second kappa shape index (κ2) is 4.31. The number of hydrogen-bond donors (Lipinski definition) is 1. The number of anilines is 1. The van der Waals surface area contributed by atoms with Crippen LogP contribution in [0.5, 0.6) is 5.75 Å². The number of nitrogens with two attached hydrogens (primary N) is 1.